The molecular weight excluding hydrogens is 280 g/mol. The first kappa shape index (κ1) is 14.8. The Balaban J connectivity index is 2.38. The highest BCUT2D eigenvalue weighted by Crippen LogP contribution is 2.25. The van der Waals surface area contributed by atoms with Crippen molar-refractivity contribution in [3.63, 3.8) is 0 Å². The number of sulfonamides is 1. The van der Waals surface area contributed by atoms with Crippen LogP contribution in [-0.2, 0) is 16.6 Å². The first-order chi connectivity index (χ1) is 8.96. The Morgan fingerprint density at radius 1 is 1.47 bits per heavy atom. The van der Waals surface area contributed by atoms with E-state index in [0.717, 1.165) is 22.6 Å². The Hall–Kier alpha value is -0.560. The minimum absolute atomic E-state index is 0.0476. The van der Waals surface area contributed by atoms with Gasteiger partial charge in [-0.2, -0.15) is 16.1 Å². The van der Waals surface area contributed by atoms with E-state index in [0.29, 0.717) is 18.0 Å². The summed E-state index contributed by atoms with van der Waals surface area (Å²) in [4.78, 5) is 0.359. The number of thioether (sulfide) groups is 1. The first-order valence-electron chi connectivity index (χ1n) is 6.36. The maximum Gasteiger partial charge on any atom is 0.243 e. The number of hydrogen-bond acceptors (Lipinski definition) is 4. The molecule has 0 saturated carbocycles. The van der Waals surface area contributed by atoms with Gasteiger partial charge in [-0.05, 0) is 37.1 Å². The van der Waals surface area contributed by atoms with Crippen LogP contribution in [0.1, 0.15) is 18.1 Å². The minimum Gasteiger partial charge on any atom is -0.326 e. The van der Waals surface area contributed by atoms with Gasteiger partial charge in [0.05, 0.1) is 4.90 Å². The van der Waals surface area contributed by atoms with Crippen molar-refractivity contribution in [3.8, 4) is 0 Å². The summed E-state index contributed by atoms with van der Waals surface area (Å²) in [5, 5.41) is 0. The molecule has 1 saturated heterocycles. The lowest BCUT2D eigenvalue weighted by molar-refractivity contribution is 0.367. The van der Waals surface area contributed by atoms with Crippen molar-refractivity contribution < 1.29 is 8.42 Å². The second-order valence-electron chi connectivity index (χ2n) is 4.83. The molecule has 0 aromatic heterocycles. The molecule has 1 aliphatic heterocycles. The quantitative estimate of drug-likeness (QED) is 0.920. The molecule has 1 aromatic rings. The Kier molecular flexibility index (Phi) is 4.55. The summed E-state index contributed by atoms with van der Waals surface area (Å²) >= 11 is 1.80. The molecule has 4 nitrogen and oxygen atoms in total. The van der Waals surface area contributed by atoms with Crippen LogP contribution in [0.3, 0.4) is 0 Å². The van der Waals surface area contributed by atoms with Crippen LogP contribution in [-0.4, -0.2) is 36.8 Å². The zero-order valence-electron chi connectivity index (χ0n) is 11.3. The van der Waals surface area contributed by atoms with Crippen LogP contribution in [0.25, 0.3) is 0 Å². The average Bonchev–Trinajstić information content (AvgIpc) is 2.39. The molecule has 1 aromatic carbocycles. The van der Waals surface area contributed by atoms with Crippen LogP contribution in [0.4, 0.5) is 0 Å². The number of hydrogen-bond donors (Lipinski definition) is 1. The van der Waals surface area contributed by atoms with E-state index in [2.05, 4.69) is 0 Å². The molecule has 106 valence electrons. The summed E-state index contributed by atoms with van der Waals surface area (Å²) in [7, 11) is -3.40. The summed E-state index contributed by atoms with van der Waals surface area (Å²) in [6.45, 7) is 4.85. The van der Waals surface area contributed by atoms with Gasteiger partial charge in [0.2, 0.25) is 10.0 Å². The molecule has 1 aliphatic rings. The molecule has 2 N–H and O–H groups in total. The zero-order chi connectivity index (χ0) is 14.0. The van der Waals surface area contributed by atoms with Crippen molar-refractivity contribution in [2.24, 2.45) is 5.73 Å². The molecule has 0 aliphatic carbocycles. The fraction of sp³-hybridized carbons (Fsp3) is 0.538. The lowest BCUT2D eigenvalue weighted by Gasteiger charge is -2.32. The molecule has 1 heterocycles. The Bertz CT molecular complexity index is 558. The van der Waals surface area contributed by atoms with E-state index in [9.17, 15) is 8.42 Å². The van der Waals surface area contributed by atoms with Crippen LogP contribution in [0, 0.1) is 6.92 Å². The van der Waals surface area contributed by atoms with Gasteiger partial charge in [0.1, 0.15) is 0 Å². The highest BCUT2D eigenvalue weighted by Gasteiger charge is 2.31. The molecule has 2 rings (SSSR count). The normalized spacial score (nSPS) is 21.5. The van der Waals surface area contributed by atoms with Gasteiger partial charge in [0.25, 0.3) is 0 Å². The summed E-state index contributed by atoms with van der Waals surface area (Å²) in [6, 6.07) is 5.27. The monoisotopic (exact) mass is 300 g/mol. The SMILES string of the molecule is Cc1ccc(S(=O)(=O)N2CCSCC2C)cc1CN. The van der Waals surface area contributed by atoms with E-state index < -0.39 is 10.0 Å². The van der Waals surface area contributed by atoms with Crippen molar-refractivity contribution in [2.45, 2.75) is 31.3 Å². The fourth-order valence-electron chi connectivity index (χ4n) is 2.23. The number of benzene rings is 1. The van der Waals surface area contributed by atoms with Gasteiger partial charge < -0.3 is 5.73 Å². The molecule has 0 radical (unpaired) electrons. The van der Waals surface area contributed by atoms with E-state index in [1.165, 1.54) is 0 Å². The van der Waals surface area contributed by atoms with Crippen molar-refractivity contribution in [1.82, 2.24) is 4.31 Å². The predicted octanol–water partition coefficient (Wildman–Crippen LogP) is 1.58. The largest absolute Gasteiger partial charge is 0.326 e. The van der Waals surface area contributed by atoms with Gasteiger partial charge >= 0.3 is 0 Å². The Morgan fingerprint density at radius 2 is 2.21 bits per heavy atom. The third kappa shape index (κ3) is 2.97. The molecular formula is C13H20N2O2S2. The molecule has 0 spiro atoms. The molecule has 0 amide bonds. The predicted molar refractivity (Wildman–Crippen MR) is 79.7 cm³/mol. The van der Waals surface area contributed by atoms with Crippen molar-refractivity contribution in [2.75, 3.05) is 18.1 Å². The minimum atomic E-state index is -3.40. The van der Waals surface area contributed by atoms with E-state index >= 15 is 0 Å². The summed E-state index contributed by atoms with van der Waals surface area (Å²) in [6.07, 6.45) is 0. The lowest BCUT2D eigenvalue weighted by Crippen LogP contribution is -2.44. The topological polar surface area (TPSA) is 63.4 Å². The van der Waals surface area contributed by atoms with E-state index in [-0.39, 0.29) is 6.04 Å². The van der Waals surface area contributed by atoms with E-state index in [1.807, 2.05) is 19.9 Å². The molecule has 1 atom stereocenters. The number of nitrogens with zero attached hydrogens (tertiary/aromatic N) is 1. The second-order valence-corrected chi connectivity index (χ2v) is 7.87. The molecule has 1 fully saturated rings. The van der Waals surface area contributed by atoms with Gasteiger partial charge in [-0.1, -0.05) is 6.07 Å². The van der Waals surface area contributed by atoms with Gasteiger partial charge in [0, 0.05) is 30.6 Å². The van der Waals surface area contributed by atoms with E-state index in [4.69, 9.17) is 5.73 Å². The van der Waals surface area contributed by atoms with Gasteiger partial charge in [-0.3, -0.25) is 0 Å². The smallest absolute Gasteiger partial charge is 0.243 e. The first-order valence-corrected chi connectivity index (χ1v) is 8.95. The zero-order valence-corrected chi connectivity index (χ0v) is 12.9. The van der Waals surface area contributed by atoms with Crippen LogP contribution in [0.5, 0.6) is 0 Å². The Morgan fingerprint density at radius 3 is 2.84 bits per heavy atom. The van der Waals surface area contributed by atoms with Crippen LogP contribution >= 0.6 is 11.8 Å². The van der Waals surface area contributed by atoms with Crippen molar-refractivity contribution in [1.29, 1.82) is 0 Å². The summed E-state index contributed by atoms with van der Waals surface area (Å²) < 4.78 is 26.9. The number of nitrogens with two attached hydrogens (primary N) is 1. The summed E-state index contributed by atoms with van der Waals surface area (Å²) in [5.74, 6) is 1.72. The fourth-order valence-corrected chi connectivity index (χ4v) is 5.14. The summed E-state index contributed by atoms with van der Waals surface area (Å²) in [5.41, 5.74) is 7.58. The van der Waals surface area contributed by atoms with Crippen LogP contribution < -0.4 is 5.73 Å². The van der Waals surface area contributed by atoms with Crippen LogP contribution in [0.15, 0.2) is 23.1 Å². The Labute approximate surface area is 119 Å². The van der Waals surface area contributed by atoms with Gasteiger partial charge in [0.15, 0.2) is 0 Å². The number of aryl methyl sites for hydroxylation is 1. The van der Waals surface area contributed by atoms with Crippen molar-refractivity contribution in [3.05, 3.63) is 29.3 Å². The standard InChI is InChI=1S/C13H20N2O2S2/c1-10-3-4-13(7-12(10)8-14)19(16,17)15-5-6-18-9-11(15)2/h3-4,7,11H,5-6,8-9,14H2,1-2H3. The van der Waals surface area contributed by atoms with Gasteiger partial charge in [-0.15, -0.1) is 0 Å². The second kappa shape index (κ2) is 5.83. The lowest BCUT2D eigenvalue weighted by atomic mass is 10.1. The van der Waals surface area contributed by atoms with E-state index in [1.54, 1.807) is 28.2 Å². The van der Waals surface area contributed by atoms with Gasteiger partial charge in [-0.25, -0.2) is 8.42 Å². The molecule has 0 bridgehead atoms. The maximum absolute atomic E-state index is 12.7. The highest BCUT2D eigenvalue weighted by atomic mass is 32.2. The number of rotatable bonds is 3. The average molecular weight is 300 g/mol. The highest BCUT2D eigenvalue weighted by molar-refractivity contribution is 7.99. The molecule has 6 heteroatoms. The maximum atomic E-state index is 12.7. The molecule has 1 unspecified atom stereocenters. The van der Waals surface area contributed by atoms with Crippen molar-refractivity contribution >= 4 is 21.8 Å². The third-order valence-corrected chi connectivity index (χ3v) is 6.65. The third-order valence-electron chi connectivity index (χ3n) is 3.45. The van der Waals surface area contributed by atoms with Crippen LogP contribution in [0.2, 0.25) is 0 Å². The molecule has 19 heavy (non-hydrogen) atoms.